The number of nitrogens with one attached hydrogen (secondary N) is 1. The van der Waals surface area contributed by atoms with E-state index >= 15 is 0 Å². The summed E-state index contributed by atoms with van der Waals surface area (Å²) in [6, 6.07) is 0. The Morgan fingerprint density at radius 1 is 0.681 bits per heavy atom. The third kappa shape index (κ3) is 7.16. The molecule has 12 heteroatoms. The van der Waals surface area contributed by atoms with Gasteiger partial charge in [0, 0.05) is 46.8 Å². The van der Waals surface area contributed by atoms with Gasteiger partial charge in [-0.15, -0.1) is 0 Å². The summed E-state index contributed by atoms with van der Waals surface area (Å²) < 4.78 is 0. The van der Waals surface area contributed by atoms with E-state index in [1.807, 2.05) is 0 Å². The Morgan fingerprint density at radius 2 is 1.19 bits per heavy atom. The van der Waals surface area contributed by atoms with Gasteiger partial charge >= 0.3 is 0 Å². The zero-order valence-corrected chi connectivity index (χ0v) is 27.6. The Morgan fingerprint density at radius 3 is 1.74 bits per heavy atom. The lowest BCUT2D eigenvalue weighted by Crippen LogP contribution is -2.46. The molecule has 256 valence electrons. The molecule has 0 spiro atoms. The normalized spacial score (nSPS) is 34.1. The fourth-order valence-electron chi connectivity index (χ4n) is 6.21. The quantitative estimate of drug-likeness (QED) is 0.219. The fraction of sp³-hybridized carbons (Fsp3) is 0.486. The van der Waals surface area contributed by atoms with Crippen molar-refractivity contribution < 1.29 is 54.9 Å². The highest BCUT2D eigenvalue weighted by atomic mass is 16.3. The van der Waals surface area contributed by atoms with E-state index < -0.39 is 118 Å². The van der Waals surface area contributed by atoms with Crippen LogP contribution in [-0.4, -0.2) is 90.0 Å². The van der Waals surface area contributed by atoms with Crippen LogP contribution >= 0.6 is 0 Å². The van der Waals surface area contributed by atoms with Crippen molar-refractivity contribution in [3.05, 3.63) is 69.5 Å². The van der Waals surface area contributed by atoms with Gasteiger partial charge in [0.05, 0.1) is 53.4 Å². The molecule has 0 saturated heterocycles. The Labute approximate surface area is 273 Å². The summed E-state index contributed by atoms with van der Waals surface area (Å²) in [7, 11) is 0. The average molecular weight is 656 g/mol. The molecule has 9 atom stereocenters. The van der Waals surface area contributed by atoms with Crippen molar-refractivity contribution in [2.24, 2.45) is 29.6 Å². The summed E-state index contributed by atoms with van der Waals surface area (Å²) in [5.41, 5.74) is -2.80. The molecule has 0 unspecified atom stereocenters. The Bertz CT molecular complexity index is 1570. The SMILES string of the molecule is CC1=C2NC(=O)/C=C/C=C/[C@H](C)[C@H](O)[C@@H](C)[C@@H](O)[C@@H](C)[C@@H](O)[C@@H](C)[C@H](O)[C@H](CO)/C=C(\C)C(=O)c3c(O)c(C)c(O)c(c3C1=O)C2=O. The van der Waals surface area contributed by atoms with E-state index in [0.29, 0.717) is 0 Å². The summed E-state index contributed by atoms with van der Waals surface area (Å²) in [6.07, 6.45) is 1.66. The number of ketones is 3. The van der Waals surface area contributed by atoms with Gasteiger partial charge in [0.2, 0.25) is 11.7 Å². The number of phenols is 2. The molecule has 1 amide bonds. The third-order valence-electron chi connectivity index (χ3n) is 9.57. The molecule has 4 rings (SSSR count). The topological polar surface area (TPSA) is 222 Å². The number of carbonyl (C=O) groups is 4. The van der Waals surface area contributed by atoms with Crippen molar-refractivity contribution in [2.45, 2.75) is 72.9 Å². The predicted octanol–water partition coefficient (Wildman–Crippen LogP) is 2.03. The third-order valence-corrected chi connectivity index (χ3v) is 9.57. The smallest absolute Gasteiger partial charge is 0.248 e. The summed E-state index contributed by atoms with van der Waals surface area (Å²) >= 11 is 0. The lowest BCUT2D eigenvalue weighted by Gasteiger charge is -2.37. The van der Waals surface area contributed by atoms with Crippen molar-refractivity contribution in [1.29, 1.82) is 0 Å². The van der Waals surface area contributed by atoms with Crippen molar-refractivity contribution in [3.63, 3.8) is 0 Å². The molecule has 47 heavy (non-hydrogen) atoms. The molecular weight excluding hydrogens is 610 g/mol. The first kappa shape index (κ1) is 37.5. The largest absolute Gasteiger partial charge is 0.507 e. The maximum Gasteiger partial charge on any atom is 0.248 e. The fourth-order valence-corrected chi connectivity index (χ4v) is 6.21. The van der Waals surface area contributed by atoms with Crippen LogP contribution in [0, 0.1) is 36.5 Å². The van der Waals surface area contributed by atoms with E-state index in [0.717, 1.165) is 6.08 Å². The number of hydrogen-bond acceptors (Lipinski definition) is 11. The van der Waals surface area contributed by atoms with Crippen LogP contribution in [0.5, 0.6) is 11.5 Å². The first-order valence-electron chi connectivity index (χ1n) is 15.5. The highest BCUT2D eigenvalue weighted by molar-refractivity contribution is 6.32. The molecular formula is C35H45NO11. The maximum atomic E-state index is 13.8. The second kappa shape index (κ2) is 14.9. The van der Waals surface area contributed by atoms with Crippen LogP contribution in [0.1, 0.15) is 78.2 Å². The standard InChI is InChI=1S/C35H45NO11/c1-14-10-8-9-11-22(38)36-26-16(3)32(44)23-24(33(45)20(7)34(46)25(23)35(26)47)28(40)15(2)12-21(13-37)31(43)19(6)30(42)18(5)29(41)17(4)27(14)39/h8-12,14,17-19,21,27,29-31,37,39,41-43,45-46H,13H2,1-7H3,(H,36,38)/b10-8+,11-9+,15-12+/t14-,17+,18+,19+,21-,27-,29+,30+,31-/m0/s1. The van der Waals surface area contributed by atoms with E-state index in [1.54, 1.807) is 26.8 Å². The van der Waals surface area contributed by atoms with Gasteiger partial charge in [-0.05, 0) is 26.3 Å². The number of amides is 1. The number of carbonyl (C=O) groups excluding carboxylic acids is 4. The van der Waals surface area contributed by atoms with Gasteiger partial charge in [0.1, 0.15) is 11.5 Å². The second-order valence-electron chi connectivity index (χ2n) is 12.8. The molecule has 2 heterocycles. The van der Waals surface area contributed by atoms with Crippen LogP contribution < -0.4 is 5.32 Å². The second-order valence-corrected chi connectivity index (χ2v) is 12.8. The highest BCUT2D eigenvalue weighted by Gasteiger charge is 2.41. The number of Topliss-reactive ketones (excluding diaryl/α,β-unsaturated/α-hetero) is 3. The zero-order chi connectivity index (χ0) is 35.7. The lowest BCUT2D eigenvalue weighted by molar-refractivity contribution is -0.115. The minimum absolute atomic E-state index is 0.136. The van der Waals surface area contributed by atoms with Crippen LogP contribution in [0.25, 0.3) is 0 Å². The number of aliphatic hydroxyl groups is 5. The van der Waals surface area contributed by atoms with Crippen LogP contribution in [0.3, 0.4) is 0 Å². The minimum atomic E-state index is -1.44. The maximum absolute atomic E-state index is 13.8. The minimum Gasteiger partial charge on any atom is -0.507 e. The number of allylic oxidation sites excluding steroid dienone is 5. The van der Waals surface area contributed by atoms with Crippen LogP contribution in [-0.2, 0) is 4.79 Å². The van der Waals surface area contributed by atoms with E-state index in [4.69, 9.17) is 0 Å². The summed E-state index contributed by atoms with van der Waals surface area (Å²) in [5.74, 6) is -9.26. The molecule has 4 bridgehead atoms. The Kier molecular flexibility index (Phi) is 11.9. The Hall–Kier alpha value is -3.94. The molecule has 8 N–H and O–H groups in total. The summed E-state index contributed by atoms with van der Waals surface area (Å²) in [4.78, 5) is 53.9. The van der Waals surface area contributed by atoms with Gasteiger partial charge in [-0.25, -0.2) is 0 Å². The molecule has 0 fully saturated rings. The molecule has 1 aliphatic carbocycles. The predicted molar refractivity (Wildman–Crippen MR) is 172 cm³/mol. The number of aromatic hydroxyl groups is 2. The van der Waals surface area contributed by atoms with E-state index in [-0.39, 0.29) is 16.7 Å². The number of phenolic OH excluding ortho intramolecular Hbond substituents is 2. The zero-order valence-electron chi connectivity index (χ0n) is 27.6. The molecule has 3 aliphatic rings. The van der Waals surface area contributed by atoms with Crippen LogP contribution in [0.15, 0.2) is 47.2 Å². The highest BCUT2D eigenvalue weighted by Crippen LogP contribution is 2.43. The van der Waals surface area contributed by atoms with Crippen molar-refractivity contribution >= 4 is 23.3 Å². The number of rotatable bonds is 1. The Balaban J connectivity index is 2.24. The molecule has 0 radical (unpaired) electrons. The molecule has 1 aromatic carbocycles. The summed E-state index contributed by atoms with van der Waals surface area (Å²) in [6.45, 7) is 9.49. The molecule has 0 saturated carbocycles. The number of hydrogen-bond donors (Lipinski definition) is 8. The molecule has 1 aromatic rings. The van der Waals surface area contributed by atoms with E-state index in [9.17, 15) is 54.9 Å². The first-order chi connectivity index (χ1) is 21.9. The summed E-state index contributed by atoms with van der Waals surface area (Å²) in [5, 5.41) is 78.7. The van der Waals surface area contributed by atoms with Gasteiger partial charge in [-0.1, -0.05) is 52.0 Å². The van der Waals surface area contributed by atoms with Gasteiger partial charge in [0.25, 0.3) is 0 Å². The van der Waals surface area contributed by atoms with Crippen LogP contribution in [0.4, 0.5) is 0 Å². The van der Waals surface area contributed by atoms with E-state index in [1.165, 1.54) is 45.9 Å². The van der Waals surface area contributed by atoms with Gasteiger partial charge in [-0.3, -0.25) is 19.2 Å². The number of aliphatic hydroxyl groups excluding tert-OH is 5. The van der Waals surface area contributed by atoms with Gasteiger partial charge in [0.15, 0.2) is 11.6 Å². The van der Waals surface area contributed by atoms with Crippen LogP contribution in [0.2, 0.25) is 0 Å². The first-order valence-corrected chi connectivity index (χ1v) is 15.5. The lowest BCUT2D eigenvalue weighted by atomic mass is 9.76. The number of benzene rings is 1. The molecule has 12 nitrogen and oxygen atoms in total. The molecule has 2 aliphatic heterocycles. The van der Waals surface area contributed by atoms with Crippen molar-refractivity contribution in [3.8, 4) is 11.5 Å². The molecule has 0 aromatic heterocycles. The average Bonchev–Trinajstić information content (AvgIpc) is 3.05. The van der Waals surface area contributed by atoms with Crippen molar-refractivity contribution in [2.75, 3.05) is 6.61 Å². The monoisotopic (exact) mass is 655 g/mol. The van der Waals surface area contributed by atoms with E-state index in [2.05, 4.69) is 5.32 Å². The number of fused-ring (bicyclic) bond motifs is 15. The van der Waals surface area contributed by atoms with Crippen molar-refractivity contribution in [1.82, 2.24) is 5.32 Å². The van der Waals surface area contributed by atoms with Gasteiger partial charge in [-0.2, -0.15) is 0 Å². The van der Waals surface area contributed by atoms with Gasteiger partial charge < -0.3 is 41.1 Å².